The second kappa shape index (κ2) is 3.44. The van der Waals surface area contributed by atoms with Gasteiger partial charge in [-0.25, -0.2) is 9.78 Å². The van der Waals surface area contributed by atoms with Gasteiger partial charge >= 0.3 is 5.69 Å². The fourth-order valence-electron chi connectivity index (χ4n) is 1.58. The average molecular weight is 222 g/mol. The number of aromatic nitrogens is 4. The van der Waals surface area contributed by atoms with E-state index in [9.17, 15) is 14.4 Å². The molecule has 0 aromatic carbocycles. The lowest BCUT2D eigenvalue weighted by Crippen LogP contribution is -2.31. The molecule has 2 N–H and O–H groups in total. The van der Waals surface area contributed by atoms with Gasteiger partial charge in [0, 0.05) is 6.54 Å². The van der Waals surface area contributed by atoms with Crippen LogP contribution in [0.3, 0.4) is 0 Å². The van der Waals surface area contributed by atoms with Crippen molar-refractivity contribution in [1.82, 2.24) is 19.5 Å². The van der Waals surface area contributed by atoms with Gasteiger partial charge in [-0.15, -0.1) is 0 Å². The van der Waals surface area contributed by atoms with Crippen LogP contribution in [0, 0.1) is 6.92 Å². The van der Waals surface area contributed by atoms with Gasteiger partial charge in [0.25, 0.3) is 11.1 Å². The first-order valence-electron chi connectivity index (χ1n) is 4.78. The van der Waals surface area contributed by atoms with Crippen LogP contribution in [-0.2, 0) is 6.54 Å². The average Bonchev–Trinajstić information content (AvgIpc) is 2.22. The number of aryl methyl sites for hydroxylation is 2. The van der Waals surface area contributed by atoms with Crippen molar-refractivity contribution in [1.29, 1.82) is 0 Å². The summed E-state index contributed by atoms with van der Waals surface area (Å²) in [4.78, 5) is 42.6. The predicted molar refractivity (Wildman–Crippen MR) is 57.7 cm³/mol. The molecule has 0 atom stereocenters. The zero-order valence-corrected chi connectivity index (χ0v) is 8.83. The summed E-state index contributed by atoms with van der Waals surface area (Å²) in [6.45, 7) is 3.64. The molecule has 0 bridgehead atoms. The largest absolute Gasteiger partial charge is 0.327 e. The van der Waals surface area contributed by atoms with Crippen molar-refractivity contribution in [3.05, 3.63) is 36.9 Å². The van der Waals surface area contributed by atoms with Gasteiger partial charge in [-0.2, -0.15) is 0 Å². The highest BCUT2D eigenvalue weighted by Crippen LogP contribution is 1.99. The van der Waals surface area contributed by atoms with Gasteiger partial charge < -0.3 is 0 Å². The van der Waals surface area contributed by atoms with Crippen molar-refractivity contribution in [2.24, 2.45) is 0 Å². The molecule has 0 aliphatic carbocycles. The number of fused-ring (bicyclic) bond motifs is 1. The summed E-state index contributed by atoms with van der Waals surface area (Å²) in [7, 11) is 0. The first-order chi connectivity index (χ1) is 7.54. The summed E-state index contributed by atoms with van der Waals surface area (Å²) in [5.74, 6) is 0. The van der Waals surface area contributed by atoms with Crippen LogP contribution in [0.1, 0.15) is 12.6 Å². The molecule has 7 heteroatoms. The van der Waals surface area contributed by atoms with Crippen LogP contribution in [0.5, 0.6) is 0 Å². The number of aromatic amines is 2. The Bertz CT molecular complexity index is 722. The number of nitrogens with zero attached hydrogens (tertiary/aromatic N) is 2. The molecule has 0 radical (unpaired) electrons. The van der Waals surface area contributed by atoms with Gasteiger partial charge in [0.15, 0.2) is 5.52 Å². The predicted octanol–water partition coefficient (Wildman–Crippen LogP) is -0.899. The van der Waals surface area contributed by atoms with E-state index in [1.54, 1.807) is 6.92 Å². The Morgan fingerprint density at radius 2 is 1.94 bits per heavy atom. The standard InChI is InChI=1S/C9H10N4O3/c1-3-13-6-5(10-4(2)8(13)15)7(14)12-9(16)11-6/h3H2,1-2H3,(H2,11,12,14,16). The molecule has 2 heterocycles. The van der Waals surface area contributed by atoms with Crippen LogP contribution in [-0.4, -0.2) is 19.5 Å². The zero-order valence-electron chi connectivity index (χ0n) is 8.83. The molecule has 0 unspecified atom stereocenters. The highest BCUT2D eigenvalue weighted by Gasteiger charge is 2.10. The van der Waals surface area contributed by atoms with Crippen molar-refractivity contribution >= 4 is 11.2 Å². The molecule has 7 nitrogen and oxygen atoms in total. The summed E-state index contributed by atoms with van der Waals surface area (Å²) in [6.07, 6.45) is 0. The summed E-state index contributed by atoms with van der Waals surface area (Å²) < 4.78 is 1.31. The number of hydrogen-bond donors (Lipinski definition) is 2. The molecule has 2 aromatic rings. The first kappa shape index (κ1) is 10.3. The second-order valence-electron chi connectivity index (χ2n) is 3.35. The molecule has 0 amide bonds. The molecule has 84 valence electrons. The Balaban J connectivity index is 3.15. The second-order valence-corrected chi connectivity index (χ2v) is 3.35. The van der Waals surface area contributed by atoms with E-state index in [0.717, 1.165) is 0 Å². The molecule has 0 spiro atoms. The number of hydrogen-bond acceptors (Lipinski definition) is 4. The third-order valence-corrected chi connectivity index (χ3v) is 2.32. The van der Waals surface area contributed by atoms with Crippen LogP contribution in [0.4, 0.5) is 0 Å². The van der Waals surface area contributed by atoms with Crippen LogP contribution in [0.15, 0.2) is 14.4 Å². The maximum Gasteiger partial charge on any atom is 0.327 e. The normalized spacial score (nSPS) is 10.9. The minimum Gasteiger partial charge on any atom is -0.291 e. The van der Waals surface area contributed by atoms with Crippen LogP contribution in [0.2, 0.25) is 0 Å². The number of nitrogens with one attached hydrogen (secondary N) is 2. The first-order valence-corrected chi connectivity index (χ1v) is 4.78. The monoisotopic (exact) mass is 222 g/mol. The Hall–Kier alpha value is -2.18. The Morgan fingerprint density at radius 1 is 1.25 bits per heavy atom. The van der Waals surface area contributed by atoms with Gasteiger partial charge in [0.1, 0.15) is 11.3 Å². The minimum atomic E-state index is -0.648. The molecule has 0 aliphatic heterocycles. The molecule has 0 fully saturated rings. The topological polar surface area (TPSA) is 101 Å². The number of H-pyrrole nitrogens is 2. The lowest BCUT2D eigenvalue weighted by Gasteiger charge is -2.06. The highest BCUT2D eigenvalue weighted by atomic mass is 16.2. The van der Waals surface area contributed by atoms with Gasteiger partial charge in [-0.3, -0.25) is 24.1 Å². The van der Waals surface area contributed by atoms with Gasteiger partial charge in [0.2, 0.25) is 0 Å². The smallest absolute Gasteiger partial charge is 0.291 e. The Labute approximate surface area is 88.8 Å². The quantitative estimate of drug-likeness (QED) is 0.653. The fraction of sp³-hybridized carbons (Fsp3) is 0.333. The van der Waals surface area contributed by atoms with E-state index in [1.807, 2.05) is 0 Å². The van der Waals surface area contributed by atoms with E-state index in [2.05, 4.69) is 15.0 Å². The maximum atomic E-state index is 11.7. The van der Waals surface area contributed by atoms with Crippen molar-refractivity contribution in [2.45, 2.75) is 20.4 Å². The number of rotatable bonds is 1. The minimum absolute atomic E-state index is 0.0681. The van der Waals surface area contributed by atoms with Crippen LogP contribution < -0.4 is 16.8 Å². The summed E-state index contributed by atoms with van der Waals surface area (Å²) in [5.41, 5.74) is -1.10. The van der Waals surface area contributed by atoms with E-state index in [1.165, 1.54) is 11.5 Å². The molecule has 0 saturated carbocycles. The summed E-state index contributed by atoms with van der Waals surface area (Å²) in [6, 6.07) is 0. The maximum absolute atomic E-state index is 11.7. The third kappa shape index (κ3) is 1.37. The molecular weight excluding hydrogens is 212 g/mol. The SMILES string of the molecule is CCn1c(=O)c(C)nc2c(=O)[nH]c(=O)[nH]c21. The highest BCUT2D eigenvalue weighted by molar-refractivity contribution is 5.68. The molecule has 16 heavy (non-hydrogen) atoms. The van der Waals surface area contributed by atoms with Gasteiger partial charge in [-0.1, -0.05) is 0 Å². The van der Waals surface area contributed by atoms with Crippen LogP contribution >= 0.6 is 0 Å². The molecule has 2 rings (SSSR count). The van der Waals surface area contributed by atoms with Crippen molar-refractivity contribution in [3.8, 4) is 0 Å². The molecule has 0 aliphatic rings. The van der Waals surface area contributed by atoms with Crippen molar-refractivity contribution in [2.75, 3.05) is 0 Å². The van der Waals surface area contributed by atoms with E-state index in [-0.39, 0.29) is 22.4 Å². The third-order valence-electron chi connectivity index (χ3n) is 2.32. The molecular formula is C9H10N4O3. The Morgan fingerprint density at radius 3 is 2.56 bits per heavy atom. The van der Waals surface area contributed by atoms with Crippen molar-refractivity contribution in [3.63, 3.8) is 0 Å². The lowest BCUT2D eigenvalue weighted by atomic mass is 10.4. The van der Waals surface area contributed by atoms with E-state index >= 15 is 0 Å². The molecule has 0 saturated heterocycles. The van der Waals surface area contributed by atoms with Crippen molar-refractivity contribution < 1.29 is 0 Å². The van der Waals surface area contributed by atoms with Gasteiger partial charge in [0.05, 0.1) is 0 Å². The van der Waals surface area contributed by atoms with E-state index in [4.69, 9.17) is 0 Å². The lowest BCUT2D eigenvalue weighted by molar-refractivity contribution is 0.729. The van der Waals surface area contributed by atoms with Crippen LogP contribution in [0.25, 0.3) is 11.2 Å². The van der Waals surface area contributed by atoms with E-state index in [0.29, 0.717) is 6.54 Å². The molecule has 2 aromatic heterocycles. The summed E-state index contributed by atoms with van der Waals surface area (Å²) >= 11 is 0. The van der Waals surface area contributed by atoms with Gasteiger partial charge in [-0.05, 0) is 13.8 Å². The zero-order chi connectivity index (χ0) is 11.9. The van der Waals surface area contributed by atoms with E-state index < -0.39 is 11.2 Å². The summed E-state index contributed by atoms with van der Waals surface area (Å²) in [5, 5.41) is 0. The fourth-order valence-corrected chi connectivity index (χ4v) is 1.58. The Kier molecular flexibility index (Phi) is 2.22.